The molecule has 8 aromatic heterocycles. The molecule has 5 aliphatic rings. The second kappa shape index (κ2) is 44.8. The van der Waals surface area contributed by atoms with E-state index in [1.54, 1.807) is 62.2 Å². The lowest BCUT2D eigenvalue weighted by atomic mass is 10.0. The fraction of sp³-hybridized carbons (Fsp3) is 0.183. The smallest absolute Gasteiger partial charge is 0.251 e. The molecule has 0 bridgehead atoms. The van der Waals surface area contributed by atoms with E-state index in [0.717, 1.165) is 167 Å². The van der Waals surface area contributed by atoms with E-state index in [4.69, 9.17) is 83.1 Å². The summed E-state index contributed by atoms with van der Waals surface area (Å²) in [5.74, 6) is 4.64. The summed E-state index contributed by atoms with van der Waals surface area (Å²) < 4.78 is 18.0. The van der Waals surface area contributed by atoms with E-state index >= 15 is 0 Å². The Bertz CT molecular complexity index is 7180. The molecule has 30 heteroatoms. The molecule has 134 heavy (non-hydrogen) atoms. The molecule has 22 rings (SSSR count). The second-order valence-electron chi connectivity index (χ2n) is 32.5. The highest BCUT2D eigenvalue weighted by molar-refractivity contribution is 6.32. The molecule has 22 N–H and O–H groups in total. The van der Waals surface area contributed by atoms with Crippen LogP contribution < -0.4 is 68.0 Å². The van der Waals surface area contributed by atoms with E-state index < -0.39 is 5.91 Å². The minimum atomic E-state index is -0.426. The second-order valence-corrected chi connectivity index (χ2v) is 32.9. The summed E-state index contributed by atoms with van der Waals surface area (Å²) in [7, 11) is 0. The number of pyridine rings is 7. The van der Waals surface area contributed by atoms with Gasteiger partial charge in [0, 0.05) is 133 Å². The van der Waals surface area contributed by atoms with Crippen molar-refractivity contribution in [1.82, 2.24) is 45.4 Å². The summed E-state index contributed by atoms with van der Waals surface area (Å²) in [5.41, 5.74) is 81.0. The van der Waals surface area contributed by atoms with Gasteiger partial charge in [0.25, 0.3) is 5.91 Å². The standard InChI is InChI=1S/C11H11N3O.C11H13N3.C10H9ClN2.C10H9FN2.2C9H10N2O.C9H10N2.C9H12N2.C9H8N2.C9H9NO.C8H8N2O/c1-6-4-9-7(2-3-14-10(9)12)5-8(6)11(13)15;1-7-4-10-8(5-9(7)6-12)2-3-14-11(10)13;2*1-6-4-8-7(5-9(6)11)2-3-13-10(8)12;1-6-2-3-8-7(4-6)5-12-11-9(8)10;1-6-2-3-7-5-12-11-9(10)8(7)4-6;1-6-2-3-7-5-11-9(10)8(7)4-6;2*1-7-4-5-8-3-2-6-10-9(8)11-7;1-6-2-3-7-5-10-9(11)8(7)4-6;1-5-2-3-7-6(4-5)8(9)10-11-7/h2-5H,1H3,(H2,12,14)(H2,13,15);2-5H,6,12H2,1H3,(H2,13,14);2*2-5H,1H3,(H2,12,13);2*2-4H,5H2,1H3,(H2,10,11);2-4H,5H2,1H3,(H2,10,11);4-5H,2-3,6H2,1H3,(H,10,11);2-6H,1H3;2-4H,5H2,1H3,(H,10,11);2-4H,1H3,(H2,9,10). The molecule has 0 aliphatic carbocycles. The predicted molar refractivity (Wildman–Crippen MR) is 540 cm³/mol. The van der Waals surface area contributed by atoms with Crippen molar-refractivity contribution in [2.45, 2.75) is 122 Å². The van der Waals surface area contributed by atoms with Crippen LogP contribution in [0.3, 0.4) is 0 Å². The average Bonchev–Trinajstić information content (AvgIpc) is 1.53. The van der Waals surface area contributed by atoms with Gasteiger partial charge in [0.05, 0.1) is 11.9 Å². The van der Waals surface area contributed by atoms with Crippen LogP contribution >= 0.6 is 11.6 Å². The Hall–Kier alpha value is -16.3. The maximum atomic E-state index is 13.1. The molecule has 13 heterocycles. The predicted octanol–water partition coefficient (Wildman–Crippen LogP) is 18.0. The van der Waals surface area contributed by atoms with Gasteiger partial charge in [-0.2, -0.15) is 0 Å². The highest BCUT2D eigenvalue weighted by Crippen LogP contribution is 2.30. The number of carbonyl (C=O) groups excluding carboxylic acids is 2. The van der Waals surface area contributed by atoms with Crippen molar-refractivity contribution in [1.29, 1.82) is 0 Å². The molecule has 28 nitrogen and oxygen atoms in total. The van der Waals surface area contributed by atoms with E-state index in [1.165, 1.54) is 52.3 Å². The summed E-state index contributed by atoms with van der Waals surface area (Å²) in [6, 6.07) is 64.5. The lowest BCUT2D eigenvalue weighted by Gasteiger charge is -2.16. The Balaban J connectivity index is 0.000000133. The van der Waals surface area contributed by atoms with Crippen LogP contribution in [0.15, 0.2) is 251 Å². The molecule has 0 fully saturated rings. The van der Waals surface area contributed by atoms with Crippen LogP contribution in [0.1, 0.15) is 139 Å². The number of hydrogen-bond acceptors (Lipinski definition) is 26. The van der Waals surface area contributed by atoms with Crippen molar-refractivity contribution in [2.24, 2.45) is 44.0 Å². The van der Waals surface area contributed by atoms with Crippen LogP contribution in [0.2, 0.25) is 5.02 Å². The van der Waals surface area contributed by atoms with Gasteiger partial charge in [0.15, 0.2) is 28.7 Å². The first-order valence-corrected chi connectivity index (χ1v) is 43.4. The average molecular weight is 1820 g/mol. The van der Waals surface area contributed by atoms with Crippen LogP contribution in [-0.4, -0.2) is 75.9 Å². The Kier molecular flexibility index (Phi) is 32.4. The SMILES string of the molecule is Cc1cc2c(N)nccc2cc1C(N)=O.Cc1cc2c(N)nccc2cc1CN.Cc1cc2c(N)nccc2cc1Cl.Cc1cc2c(N)nccc2cc1F.Cc1ccc2c(c1)C(=O)NC2.Cc1ccc2c(c1)C(N)=NC2.Cc1ccc2c(c1)C(N)=NOC2.Cc1ccc2c(c1)CON=C2N.Cc1ccc2c(n1)NCCC2.Cc1ccc2cccnc2n1.Cc1ccc2onc(N)c2c1. The maximum Gasteiger partial charge on any atom is 0.251 e. The first kappa shape index (κ1) is 96.8. The van der Waals surface area contributed by atoms with Gasteiger partial charge in [-0.1, -0.05) is 122 Å². The Morgan fingerprint density at radius 1 is 0.433 bits per heavy atom. The zero-order valence-electron chi connectivity index (χ0n) is 76.6. The van der Waals surface area contributed by atoms with E-state index in [2.05, 4.69) is 115 Å². The molecule has 0 spiro atoms. The molecule has 5 aliphatic heterocycles. The maximum absolute atomic E-state index is 13.1. The number of aryl methyl sites for hydroxylation is 12. The number of nitrogens with two attached hydrogens (primary N) is 10. The quantitative estimate of drug-likeness (QED) is 0.0765. The Labute approximate surface area is 780 Å². The summed E-state index contributed by atoms with van der Waals surface area (Å²) >= 11 is 5.98. The number of nitrogens with one attached hydrogen (secondary N) is 2. The number of halogens is 2. The molecule has 0 unspecified atom stereocenters. The molecule has 17 aromatic rings. The number of aromatic nitrogens is 8. The molecule has 0 atom stereocenters. The van der Waals surface area contributed by atoms with E-state index in [1.807, 2.05) is 190 Å². The van der Waals surface area contributed by atoms with Crippen molar-refractivity contribution in [3.05, 3.63) is 365 Å². The van der Waals surface area contributed by atoms with Crippen molar-refractivity contribution >= 4 is 141 Å². The molecule has 0 radical (unpaired) electrons. The van der Waals surface area contributed by atoms with Crippen LogP contribution in [0.5, 0.6) is 0 Å². The van der Waals surface area contributed by atoms with Gasteiger partial charge in [-0.25, -0.2) is 39.3 Å². The molecule has 2 amide bonds. The topological polar surface area (TPSA) is 490 Å². The van der Waals surface area contributed by atoms with E-state index in [0.29, 0.717) is 84.0 Å². The third-order valence-electron chi connectivity index (χ3n) is 22.1. The van der Waals surface area contributed by atoms with E-state index in [9.17, 15) is 14.0 Å². The number of benzene rings is 9. The summed E-state index contributed by atoms with van der Waals surface area (Å²) in [6.45, 7) is 25.8. The van der Waals surface area contributed by atoms with Gasteiger partial charge in [-0.05, 0) is 289 Å². The Morgan fingerprint density at radius 3 is 1.57 bits per heavy atom. The normalized spacial score (nSPS) is 12.3. The van der Waals surface area contributed by atoms with Crippen molar-refractivity contribution in [3.63, 3.8) is 0 Å². The molecule has 684 valence electrons. The van der Waals surface area contributed by atoms with E-state index in [-0.39, 0.29) is 11.7 Å². The van der Waals surface area contributed by atoms with Crippen LogP contribution in [0.25, 0.3) is 65.1 Å². The summed E-state index contributed by atoms with van der Waals surface area (Å²) in [6.07, 6.45) is 10.8. The van der Waals surface area contributed by atoms with Crippen LogP contribution in [-0.2, 0) is 48.9 Å². The summed E-state index contributed by atoms with van der Waals surface area (Å²) in [5, 5.41) is 27.3. The van der Waals surface area contributed by atoms with Gasteiger partial charge in [0.2, 0.25) is 5.91 Å². The number of aliphatic imine (C=N–C) groups is 1. The lowest BCUT2D eigenvalue weighted by Crippen LogP contribution is -2.20. The van der Waals surface area contributed by atoms with Crippen molar-refractivity contribution in [2.75, 3.05) is 40.5 Å². The zero-order valence-corrected chi connectivity index (χ0v) is 77.3. The number of hydrogen-bond donors (Lipinski definition) is 12. The first-order valence-electron chi connectivity index (χ1n) is 43.0. The number of amides is 2. The first-order chi connectivity index (χ1) is 64.2. The number of rotatable bonds is 2. The van der Waals surface area contributed by atoms with Crippen molar-refractivity contribution in [3.8, 4) is 0 Å². The number of nitrogens with zero attached hydrogens (tertiary/aromatic N) is 11. The number of oxime groups is 2. The third kappa shape index (κ3) is 25.2. The van der Waals surface area contributed by atoms with Gasteiger partial charge in [-0.15, -0.1) is 0 Å². The fourth-order valence-electron chi connectivity index (χ4n) is 14.7. The van der Waals surface area contributed by atoms with Gasteiger partial charge in [-0.3, -0.25) is 14.6 Å². The molecular formula is C104H109ClFN23O5. The molecule has 0 saturated carbocycles. The zero-order chi connectivity index (χ0) is 96.0. The monoisotopic (exact) mass is 1810 g/mol. The number of nitrogen functional groups attached to an aromatic ring is 5. The molecular weight excluding hydrogens is 1710 g/mol. The molecule has 9 aromatic carbocycles. The fourth-order valence-corrected chi connectivity index (χ4v) is 14.8. The number of fused-ring (bicyclic) bond motifs is 11. The van der Waals surface area contributed by atoms with Gasteiger partial charge < -0.3 is 82.2 Å². The highest BCUT2D eigenvalue weighted by Gasteiger charge is 2.20. The molecule has 0 saturated heterocycles. The van der Waals surface area contributed by atoms with Crippen LogP contribution in [0, 0.1) is 82.0 Å². The van der Waals surface area contributed by atoms with Gasteiger partial charge >= 0.3 is 0 Å². The number of carbonyl (C=O) groups is 2. The highest BCUT2D eigenvalue weighted by atomic mass is 35.5. The number of primary amides is 1. The van der Waals surface area contributed by atoms with Crippen LogP contribution in [0.4, 0.5) is 39.3 Å². The minimum absolute atomic E-state index is 0.0590. The largest absolute Gasteiger partial charge is 0.389 e. The number of anilines is 6. The number of amidine groups is 3. The lowest BCUT2D eigenvalue weighted by molar-refractivity contribution is 0.0963. The van der Waals surface area contributed by atoms with Gasteiger partial charge in [0.1, 0.15) is 54.0 Å². The summed E-state index contributed by atoms with van der Waals surface area (Å²) in [4.78, 5) is 65.0. The Morgan fingerprint density at radius 2 is 0.940 bits per heavy atom. The third-order valence-corrected chi connectivity index (χ3v) is 22.5. The minimum Gasteiger partial charge on any atom is -0.389 e. The van der Waals surface area contributed by atoms with Crippen molar-refractivity contribution < 1.29 is 28.2 Å².